The van der Waals surface area contributed by atoms with Crippen LogP contribution in [0.15, 0.2) is 77.2 Å². The monoisotopic (exact) mass is 534 g/mol. The van der Waals surface area contributed by atoms with E-state index in [9.17, 15) is 9.90 Å². The molecule has 0 saturated carbocycles. The van der Waals surface area contributed by atoms with Gasteiger partial charge in [0, 0.05) is 5.56 Å². The van der Waals surface area contributed by atoms with Gasteiger partial charge in [0.2, 0.25) is 0 Å². The van der Waals surface area contributed by atoms with Crippen molar-refractivity contribution in [2.24, 2.45) is 5.10 Å². The maximum absolute atomic E-state index is 12.2. The molecule has 0 aliphatic carbocycles. The van der Waals surface area contributed by atoms with Crippen LogP contribution >= 0.6 is 43.6 Å². The van der Waals surface area contributed by atoms with Crippen LogP contribution in [0.3, 0.4) is 0 Å². The quantitative estimate of drug-likeness (QED) is 0.237. The molecule has 3 N–H and O–H groups in total. The van der Waals surface area contributed by atoms with E-state index in [0.717, 1.165) is 16.2 Å². The third-order valence-electron chi connectivity index (χ3n) is 3.80. The normalized spacial score (nSPS) is 11.4. The number of aromatic amines is 1. The second-order valence-electron chi connectivity index (χ2n) is 5.81. The van der Waals surface area contributed by atoms with Gasteiger partial charge in [0.25, 0.3) is 5.91 Å². The van der Waals surface area contributed by atoms with Gasteiger partial charge in [-0.3, -0.25) is 4.79 Å². The number of halogens is 2. The first-order valence-corrected chi connectivity index (χ1v) is 10.6. The van der Waals surface area contributed by atoms with Crippen molar-refractivity contribution >= 4 is 66.8 Å². The third kappa shape index (κ3) is 4.55. The average molecular weight is 536 g/mol. The molecule has 0 fully saturated rings. The zero-order chi connectivity index (χ0) is 20.4. The molecule has 0 aliphatic rings. The van der Waals surface area contributed by atoms with Gasteiger partial charge in [-0.2, -0.15) is 5.10 Å². The summed E-state index contributed by atoms with van der Waals surface area (Å²) in [5.74, 6) is 0.0816. The van der Waals surface area contributed by atoms with E-state index in [1.807, 2.05) is 24.3 Å². The lowest BCUT2D eigenvalue weighted by atomic mass is 10.2. The summed E-state index contributed by atoms with van der Waals surface area (Å²) in [7, 11) is 0. The second kappa shape index (κ2) is 8.44. The molecular formula is C19H12Br2N4O3S. The first-order chi connectivity index (χ1) is 14.0. The smallest absolute Gasteiger partial charge is 0.271 e. The Hall–Kier alpha value is -2.56. The van der Waals surface area contributed by atoms with Crippen LogP contribution in [0, 0.1) is 0 Å². The summed E-state index contributed by atoms with van der Waals surface area (Å²) in [6.45, 7) is 0. The fraction of sp³-hybridized carbons (Fsp3) is 0. The van der Waals surface area contributed by atoms with Crippen LogP contribution in [-0.2, 0) is 0 Å². The van der Waals surface area contributed by atoms with Crippen molar-refractivity contribution in [1.29, 1.82) is 0 Å². The number of aromatic nitrogens is 2. The Bertz CT molecular complexity index is 1180. The molecule has 146 valence electrons. The van der Waals surface area contributed by atoms with E-state index in [1.165, 1.54) is 30.1 Å². The Balaban J connectivity index is 1.39. The lowest BCUT2D eigenvalue weighted by molar-refractivity contribution is 0.0955. The molecule has 0 spiro atoms. The molecule has 0 bridgehead atoms. The number of H-pyrrole nitrogens is 1. The Morgan fingerprint density at radius 1 is 1.21 bits per heavy atom. The lowest BCUT2D eigenvalue weighted by Crippen LogP contribution is -2.17. The predicted octanol–water partition coefficient (Wildman–Crippen LogP) is 5.30. The Morgan fingerprint density at radius 2 is 1.97 bits per heavy atom. The number of hydrogen-bond acceptors (Lipinski definition) is 6. The topological polar surface area (TPSA) is 104 Å². The van der Waals surface area contributed by atoms with E-state index in [0.29, 0.717) is 25.4 Å². The minimum Gasteiger partial charge on any atom is -0.506 e. The van der Waals surface area contributed by atoms with E-state index < -0.39 is 5.91 Å². The molecule has 2 aromatic heterocycles. The number of nitrogens with zero attached hydrogens (tertiary/aromatic N) is 2. The average Bonchev–Trinajstić information content (AvgIpc) is 3.31. The number of nitrogens with one attached hydrogen (secondary N) is 2. The number of furan rings is 1. The van der Waals surface area contributed by atoms with Crippen molar-refractivity contribution < 1.29 is 14.3 Å². The van der Waals surface area contributed by atoms with Crippen molar-refractivity contribution in [3.63, 3.8) is 0 Å². The highest BCUT2D eigenvalue weighted by atomic mass is 79.9. The summed E-state index contributed by atoms with van der Waals surface area (Å²) in [5, 5.41) is 15.0. The largest absolute Gasteiger partial charge is 0.506 e. The number of carbonyl (C=O) groups excluding carboxylic acids is 1. The highest BCUT2D eigenvalue weighted by Gasteiger charge is 2.11. The molecule has 4 aromatic rings. The van der Waals surface area contributed by atoms with Gasteiger partial charge in [-0.25, -0.2) is 10.4 Å². The Morgan fingerprint density at radius 3 is 2.72 bits per heavy atom. The molecule has 4 rings (SSSR count). The van der Waals surface area contributed by atoms with Crippen molar-refractivity contribution in [2.45, 2.75) is 10.2 Å². The Labute approximate surface area is 185 Å². The number of imidazole rings is 1. The molecule has 10 heteroatoms. The van der Waals surface area contributed by atoms with Crippen LogP contribution in [0.2, 0.25) is 0 Å². The minimum absolute atomic E-state index is 0.0233. The van der Waals surface area contributed by atoms with Gasteiger partial charge in [0.05, 0.1) is 26.2 Å². The number of carbonyl (C=O) groups is 1. The lowest BCUT2D eigenvalue weighted by Gasteiger charge is -2.04. The number of hydrazone groups is 1. The number of phenolic OH excluding ortho intramolecular Hbond substituents is 1. The molecule has 2 aromatic carbocycles. The molecule has 0 aliphatic heterocycles. The van der Waals surface area contributed by atoms with E-state index >= 15 is 0 Å². The number of phenols is 1. The van der Waals surface area contributed by atoms with Crippen LogP contribution in [0.1, 0.15) is 16.1 Å². The van der Waals surface area contributed by atoms with E-state index in [2.05, 4.69) is 52.4 Å². The maximum atomic E-state index is 12.2. The van der Waals surface area contributed by atoms with Crippen molar-refractivity contribution in [3.8, 4) is 5.75 Å². The summed E-state index contributed by atoms with van der Waals surface area (Å²) in [6, 6.07) is 14.3. The van der Waals surface area contributed by atoms with Gasteiger partial charge in [0.15, 0.2) is 10.2 Å². The number of hydrogen-bond donors (Lipinski definition) is 3. The molecule has 0 saturated heterocycles. The van der Waals surface area contributed by atoms with E-state index in [-0.39, 0.29) is 5.75 Å². The van der Waals surface area contributed by atoms with Crippen LogP contribution in [0.5, 0.6) is 5.75 Å². The first-order valence-electron chi connectivity index (χ1n) is 8.23. The van der Waals surface area contributed by atoms with Crippen molar-refractivity contribution in [3.05, 3.63) is 68.8 Å². The molecule has 1 amide bonds. The van der Waals surface area contributed by atoms with E-state index in [4.69, 9.17) is 4.42 Å². The van der Waals surface area contributed by atoms with E-state index in [1.54, 1.807) is 12.1 Å². The van der Waals surface area contributed by atoms with Crippen molar-refractivity contribution in [2.75, 3.05) is 0 Å². The van der Waals surface area contributed by atoms with Crippen LogP contribution in [-0.4, -0.2) is 27.2 Å². The standard InChI is InChI=1S/C19H12Br2N4O3S/c20-12-7-10(8-13(21)17(12)26)18(27)25-22-9-11-5-6-16(28-11)29-19-23-14-3-1-2-4-15(14)24-19/h1-9,26H,(H,23,24)(H,25,27)/b22-9-. The fourth-order valence-corrected chi connectivity index (χ4v) is 4.40. The zero-order valence-electron chi connectivity index (χ0n) is 14.5. The highest BCUT2D eigenvalue weighted by molar-refractivity contribution is 9.11. The zero-order valence-corrected chi connectivity index (χ0v) is 18.5. The van der Waals surface area contributed by atoms with Gasteiger partial charge in [-0.15, -0.1) is 0 Å². The highest BCUT2D eigenvalue weighted by Crippen LogP contribution is 2.33. The summed E-state index contributed by atoms with van der Waals surface area (Å²) in [4.78, 5) is 19.9. The summed E-state index contributed by atoms with van der Waals surface area (Å²) in [6.07, 6.45) is 1.41. The fourth-order valence-electron chi connectivity index (χ4n) is 2.45. The summed E-state index contributed by atoms with van der Waals surface area (Å²) in [5.41, 5.74) is 4.60. The predicted molar refractivity (Wildman–Crippen MR) is 117 cm³/mol. The second-order valence-corrected chi connectivity index (χ2v) is 8.51. The van der Waals surface area contributed by atoms with Gasteiger partial charge in [-0.05, 0) is 80.0 Å². The van der Waals surface area contributed by atoms with Gasteiger partial charge < -0.3 is 14.5 Å². The van der Waals surface area contributed by atoms with Gasteiger partial charge in [-0.1, -0.05) is 12.1 Å². The van der Waals surface area contributed by atoms with Gasteiger partial charge >= 0.3 is 0 Å². The third-order valence-corrected chi connectivity index (χ3v) is 5.82. The first kappa shape index (κ1) is 19.7. The number of rotatable bonds is 5. The molecule has 2 heterocycles. The van der Waals surface area contributed by atoms with Crippen LogP contribution in [0.25, 0.3) is 11.0 Å². The number of aromatic hydroxyl groups is 1. The van der Waals surface area contributed by atoms with Crippen LogP contribution < -0.4 is 5.43 Å². The molecule has 0 atom stereocenters. The molecule has 0 unspecified atom stereocenters. The number of benzene rings is 2. The molecule has 0 radical (unpaired) electrons. The van der Waals surface area contributed by atoms with Crippen molar-refractivity contribution in [1.82, 2.24) is 15.4 Å². The summed E-state index contributed by atoms with van der Waals surface area (Å²) < 4.78 is 6.48. The molecule has 29 heavy (non-hydrogen) atoms. The van der Waals surface area contributed by atoms with Crippen LogP contribution in [0.4, 0.5) is 0 Å². The summed E-state index contributed by atoms with van der Waals surface area (Å²) >= 11 is 7.73. The number of fused-ring (bicyclic) bond motifs is 1. The Kier molecular flexibility index (Phi) is 5.74. The molecule has 7 nitrogen and oxygen atoms in total. The minimum atomic E-state index is -0.425. The number of amides is 1. The van der Waals surface area contributed by atoms with Gasteiger partial charge in [0.1, 0.15) is 11.5 Å². The SMILES string of the molecule is O=C(N/N=C\c1ccc(Sc2nc3ccccc3[nH]2)o1)c1cc(Br)c(O)c(Br)c1. The number of para-hydroxylation sites is 2. The molecular weight excluding hydrogens is 524 g/mol. The maximum Gasteiger partial charge on any atom is 0.271 e.